The highest BCUT2D eigenvalue weighted by atomic mass is 16.2. The van der Waals surface area contributed by atoms with Crippen molar-refractivity contribution >= 4 is 34.4 Å². The van der Waals surface area contributed by atoms with Gasteiger partial charge in [-0.3, -0.25) is 14.5 Å². The molecule has 0 aliphatic carbocycles. The molecule has 3 aromatic rings. The number of imide groups is 1. The van der Waals surface area contributed by atoms with Crippen LogP contribution < -0.4 is 10.6 Å². The van der Waals surface area contributed by atoms with E-state index in [-0.39, 0.29) is 6.54 Å². The van der Waals surface area contributed by atoms with Gasteiger partial charge in [-0.2, -0.15) is 0 Å². The predicted molar refractivity (Wildman–Crippen MR) is 111 cm³/mol. The largest absolute Gasteiger partial charge is 0.361 e. The van der Waals surface area contributed by atoms with Gasteiger partial charge in [0.05, 0.1) is 0 Å². The van der Waals surface area contributed by atoms with Crippen molar-refractivity contribution in [2.45, 2.75) is 26.3 Å². The number of benzene rings is 2. The number of amides is 4. The van der Waals surface area contributed by atoms with Gasteiger partial charge in [0.2, 0.25) is 5.91 Å². The average molecular weight is 390 g/mol. The Morgan fingerprint density at radius 2 is 1.93 bits per heavy atom. The molecule has 0 bridgehead atoms. The Kier molecular flexibility index (Phi) is 4.80. The van der Waals surface area contributed by atoms with E-state index in [1.807, 2.05) is 62.5 Å². The number of anilines is 1. The molecule has 0 radical (unpaired) electrons. The number of aromatic amines is 1. The molecule has 4 rings (SSSR count). The molecule has 7 heteroatoms. The molecular formula is C22H22N4O3. The van der Waals surface area contributed by atoms with E-state index in [0.717, 1.165) is 32.5 Å². The van der Waals surface area contributed by atoms with E-state index >= 15 is 0 Å². The van der Waals surface area contributed by atoms with Crippen molar-refractivity contribution in [3.05, 3.63) is 65.4 Å². The summed E-state index contributed by atoms with van der Waals surface area (Å²) in [7, 11) is 0. The molecule has 7 nitrogen and oxygen atoms in total. The van der Waals surface area contributed by atoms with Crippen molar-refractivity contribution in [2.75, 3.05) is 11.9 Å². The maximum absolute atomic E-state index is 12.7. The van der Waals surface area contributed by atoms with Crippen LogP contribution >= 0.6 is 0 Å². The molecule has 29 heavy (non-hydrogen) atoms. The third-order valence-electron chi connectivity index (χ3n) is 5.16. The number of para-hydroxylation sites is 1. The van der Waals surface area contributed by atoms with Crippen LogP contribution in [0, 0.1) is 13.8 Å². The Balaban J connectivity index is 1.43. The van der Waals surface area contributed by atoms with Gasteiger partial charge in [0.25, 0.3) is 5.91 Å². The lowest BCUT2D eigenvalue weighted by Crippen LogP contribution is -2.38. The molecule has 1 aliphatic heterocycles. The summed E-state index contributed by atoms with van der Waals surface area (Å²) in [5.74, 6) is -0.802. The van der Waals surface area contributed by atoms with Crippen LogP contribution in [0.1, 0.15) is 16.7 Å². The number of nitrogens with zero attached hydrogens (tertiary/aromatic N) is 1. The molecule has 1 atom stereocenters. The van der Waals surface area contributed by atoms with Crippen molar-refractivity contribution in [1.29, 1.82) is 0 Å². The average Bonchev–Trinajstić information content (AvgIpc) is 3.21. The van der Waals surface area contributed by atoms with Gasteiger partial charge >= 0.3 is 6.03 Å². The second-order valence-corrected chi connectivity index (χ2v) is 7.36. The zero-order valence-electron chi connectivity index (χ0n) is 16.3. The Morgan fingerprint density at radius 1 is 1.14 bits per heavy atom. The van der Waals surface area contributed by atoms with Crippen LogP contribution in [0.25, 0.3) is 10.9 Å². The summed E-state index contributed by atoms with van der Waals surface area (Å²) in [6, 6.07) is 12.2. The maximum Gasteiger partial charge on any atom is 0.325 e. The first-order chi connectivity index (χ1) is 13.9. The molecule has 4 amide bonds. The first-order valence-electron chi connectivity index (χ1n) is 9.46. The Labute approximate surface area is 168 Å². The summed E-state index contributed by atoms with van der Waals surface area (Å²) in [5.41, 5.74) is 4.61. The summed E-state index contributed by atoms with van der Waals surface area (Å²) in [6.07, 6.45) is 2.21. The van der Waals surface area contributed by atoms with Gasteiger partial charge < -0.3 is 15.6 Å². The highest BCUT2D eigenvalue weighted by Crippen LogP contribution is 2.21. The number of rotatable bonds is 5. The Bertz CT molecular complexity index is 1120. The van der Waals surface area contributed by atoms with Gasteiger partial charge in [0.1, 0.15) is 12.6 Å². The van der Waals surface area contributed by atoms with E-state index in [1.165, 1.54) is 0 Å². The van der Waals surface area contributed by atoms with Crippen LogP contribution in [0.5, 0.6) is 0 Å². The van der Waals surface area contributed by atoms with Gasteiger partial charge in [-0.1, -0.05) is 35.9 Å². The summed E-state index contributed by atoms with van der Waals surface area (Å²) in [5, 5.41) is 6.47. The van der Waals surface area contributed by atoms with Crippen LogP contribution in [0.15, 0.2) is 48.7 Å². The zero-order valence-corrected chi connectivity index (χ0v) is 16.3. The van der Waals surface area contributed by atoms with E-state index in [1.54, 1.807) is 0 Å². The molecule has 0 saturated carbocycles. The first-order valence-corrected chi connectivity index (χ1v) is 9.46. The van der Waals surface area contributed by atoms with Gasteiger partial charge in [-0.05, 0) is 37.1 Å². The molecular weight excluding hydrogens is 368 g/mol. The lowest BCUT2D eigenvalue weighted by atomic mass is 10.1. The lowest BCUT2D eigenvalue weighted by molar-refractivity contribution is -0.130. The second-order valence-electron chi connectivity index (χ2n) is 7.36. The minimum atomic E-state index is -0.685. The number of hydrogen-bond acceptors (Lipinski definition) is 3. The topological polar surface area (TPSA) is 94.3 Å². The molecule has 1 aliphatic rings. The number of nitrogens with one attached hydrogen (secondary N) is 3. The van der Waals surface area contributed by atoms with Crippen LogP contribution in [0.4, 0.5) is 10.5 Å². The van der Waals surface area contributed by atoms with Crippen molar-refractivity contribution in [2.24, 2.45) is 0 Å². The fourth-order valence-corrected chi connectivity index (χ4v) is 3.67. The van der Waals surface area contributed by atoms with Gasteiger partial charge in [-0.25, -0.2) is 4.79 Å². The number of hydrogen-bond donors (Lipinski definition) is 3. The van der Waals surface area contributed by atoms with Crippen LogP contribution in [-0.4, -0.2) is 40.3 Å². The van der Waals surface area contributed by atoms with E-state index in [4.69, 9.17) is 0 Å². The lowest BCUT2D eigenvalue weighted by Gasteiger charge is -2.14. The number of carbonyl (C=O) groups excluding carboxylic acids is 3. The van der Waals surface area contributed by atoms with Crippen molar-refractivity contribution < 1.29 is 14.4 Å². The molecule has 2 heterocycles. The third kappa shape index (κ3) is 3.71. The fraction of sp³-hybridized carbons (Fsp3) is 0.227. The van der Waals surface area contributed by atoms with E-state index in [0.29, 0.717) is 12.1 Å². The van der Waals surface area contributed by atoms with Crippen LogP contribution in [-0.2, 0) is 16.0 Å². The van der Waals surface area contributed by atoms with Gasteiger partial charge in [0.15, 0.2) is 0 Å². The third-order valence-corrected chi connectivity index (χ3v) is 5.16. The van der Waals surface area contributed by atoms with Crippen LogP contribution in [0.2, 0.25) is 0 Å². The van der Waals surface area contributed by atoms with Crippen molar-refractivity contribution in [3.63, 3.8) is 0 Å². The SMILES string of the molecule is Cc1ccc(NC(=O)CN2C(=O)NC(Cc3c[nH]c4ccccc34)C2=O)c(C)c1. The number of H-pyrrole nitrogens is 1. The molecule has 0 spiro atoms. The van der Waals surface area contributed by atoms with Gasteiger partial charge in [-0.15, -0.1) is 0 Å². The number of aromatic nitrogens is 1. The zero-order chi connectivity index (χ0) is 20.5. The monoisotopic (exact) mass is 390 g/mol. The second kappa shape index (κ2) is 7.43. The quantitative estimate of drug-likeness (QED) is 0.585. The van der Waals surface area contributed by atoms with E-state index in [2.05, 4.69) is 15.6 Å². The standard InChI is InChI=1S/C22H22N4O3/c1-13-7-8-17(14(2)9-13)24-20(27)12-26-21(28)19(25-22(26)29)10-15-11-23-18-6-4-3-5-16(15)18/h3-9,11,19,23H,10,12H2,1-2H3,(H,24,27)(H,25,29). The summed E-state index contributed by atoms with van der Waals surface area (Å²) in [4.78, 5) is 41.6. The molecule has 3 N–H and O–H groups in total. The molecule has 1 aromatic heterocycles. The Hall–Kier alpha value is -3.61. The molecule has 1 saturated heterocycles. The molecule has 1 unspecified atom stereocenters. The van der Waals surface area contributed by atoms with E-state index < -0.39 is 23.9 Å². The minimum Gasteiger partial charge on any atom is -0.361 e. The number of aryl methyl sites for hydroxylation is 2. The summed E-state index contributed by atoms with van der Waals surface area (Å²) < 4.78 is 0. The Morgan fingerprint density at radius 3 is 2.72 bits per heavy atom. The smallest absolute Gasteiger partial charge is 0.325 e. The normalized spacial score (nSPS) is 16.3. The molecule has 148 valence electrons. The van der Waals surface area contributed by atoms with Crippen molar-refractivity contribution in [1.82, 2.24) is 15.2 Å². The van der Waals surface area contributed by atoms with Crippen LogP contribution in [0.3, 0.4) is 0 Å². The maximum atomic E-state index is 12.7. The van der Waals surface area contributed by atoms with Crippen molar-refractivity contribution in [3.8, 4) is 0 Å². The minimum absolute atomic E-state index is 0.317. The highest BCUT2D eigenvalue weighted by molar-refractivity contribution is 6.08. The molecule has 1 fully saturated rings. The summed E-state index contributed by atoms with van der Waals surface area (Å²) >= 11 is 0. The number of fused-ring (bicyclic) bond motifs is 1. The fourth-order valence-electron chi connectivity index (χ4n) is 3.67. The number of carbonyl (C=O) groups is 3. The first kappa shape index (κ1) is 18.7. The summed E-state index contributed by atoms with van der Waals surface area (Å²) in [6.45, 7) is 3.55. The van der Waals surface area contributed by atoms with E-state index in [9.17, 15) is 14.4 Å². The predicted octanol–water partition coefficient (Wildman–Crippen LogP) is 2.89. The highest BCUT2D eigenvalue weighted by Gasteiger charge is 2.39. The molecule has 2 aromatic carbocycles. The van der Waals surface area contributed by atoms with Gasteiger partial charge in [0, 0.05) is 29.2 Å². The number of urea groups is 1.